The van der Waals surface area contributed by atoms with E-state index in [9.17, 15) is 24.6 Å². The minimum atomic E-state index is -1.16. The van der Waals surface area contributed by atoms with E-state index in [1.54, 1.807) is 0 Å². The lowest BCUT2D eigenvalue weighted by molar-refractivity contribution is -0.141. The standard InChI is InChI=1S/C25H23N3O6S/c29-14-9-20(24(31)32)28(12-14)23(30)21-10-26-22(35-21)11-27-25(33)34-13-19-17-7-3-1-5-15(17)16-6-2-4-8-18(16)19/h1-8,10,14,19-20,29H,9,11-13H2,(H,27,33)(H,31,32)/t14-,20+/m1/s1. The molecule has 1 aliphatic carbocycles. The van der Waals surface area contributed by atoms with Gasteiger partial charge in [0.25, 0.3) is 5.91 Å². The van der Waals surface area contributed by atoms with Crippen molar-refractivity contribution in [2.45, 2.75) is 31.0 Å². The van der Waals surface area contributed by atoms with E-state index in [0.717, 1.165) is 38.5 Å². The number of aliphatic hydroxyl groups is 1. The van der Waals surface area contributed by atoms with Crippen molar-refractivity contribution in [1.29, 1.82) is 0 Å². The summed E-state index contributed by atoms with van der Waals surface area (Å²) in [5, 5.41) is 22.2. The predicted molar refractivity (Wildman–Crippen MR) is 127 cm³/mol. The fraction of sp³-hybridized carbons (Fsp3) is 0.280. The number of nitrogens with zero attached hydrogens (tertiary/aromatic N) is 2. The van der Waals surface area contributed by atoms with E-state index in [1.807, 2.05) is 36.4 Å². The van der Waals surface area contributed by atoms with E-state index in [4.69, 9.17) is 4.74 Å². The van der Waals surface area contributed by atoms with Crippen molar-refractivity contribution >= 4 is 29.3 Å². The number of carboxylic acids is 1. The highest BCUT2D eigenvalue weighted by Gasteiger charge is 2.39. The molecule has 0 unspecified atom stereocenters. The number of aromatic nitrogens is 1. The number of amides is 2. The second kappa shape index (κ2) is 9.47. The number of rotatable bonds is 6. The average Bonchev–Trinajstić information content (AvgIpc) is 3.57. The number of hydrogen-bond donors (Lipinski definition) is 3. The van der Waals surface area contributed by atoms with Crippen molar-refractivity contribution < 1.29 is 29.3 Å². The van der Waals surface area contributed by atoms with Gasteiger partial charge in [0, 0.05) is 18.9 Å². The normalized spacial score (nSPS) is 18.7. The molecule has 1 fully saturated rings. The zero-order valence-corrected chi connectivity index (χ0v) is 19.4. The molecule has 9 nitrogen and oxygen atoms in total. The van der Waals surface area contributed by atoms with E-state index >= 15 is 0 Å². The molecule has 1 saturated heterocycles. The van der Waals surface area contributed by atoms with Gasteiger partial charge in [-0.2, -0.15) is 0 Å². The molecule has 0 bridgehead atoms. The number of β-amino-alcohol motifs (C(OH)–C–C–N with tert-alkyl or cyclic N) is 1. The van der Waals surface area contributed by atoms with Crippen LogP contribution < -0.4 is 5.32 Å². The number of likely N-dealkylation sites (tertiary alicyclic amines) is 1. The van der Waals surface area contributed by atoms with E-state index < -0.39 is 30.1 Å². The number of aliphatic hydroxyl groups excluding tert-OH is 1. The zero-order chi connectivity index (χ0) is 24.5. The van der Waals surface area contributed by atoms with Gasteiger partial charge in [0.15, 0.2) is 0 Å². The van der Waals surface area contributed by atoms with Crippen LogP contribution in [0.3, 0.4) is 0 Å². The number of alkyl carbamates (subject to hydrolysis) is 1. The van der Waals surface area contributed by atoms with E-state index in [1.165, 1.54) is 6.20 Å². The number of nitrogens with one attached hydrogen (secondary N) is 1. The molecule has 2 atom stereocenters. The monoisotopic (exact) mass is 493 g/mol. The second-order valence-electron chi connectivity index (χ2n) is 8.50. The first kappa shape index (κ1) is 23.0. The van der Waals surface area contributed by atoms with Crippen LogP contribution >= 0.6 is 11.3 Å². The van der Waals surface area contributed by atoms with Crippen LogP contribution in [-0.4, -0.2) is 63.4 Å². The van der Waals surface area contributed by atoms with Crippen LogP contribution in [0.5, 0.6) is 0 Å². The van der Waals surface area contributed by atoms with Gasteiger partial charge in [-0.3, -0.25) is 4.79 Å². The van der Waals surface area contributed by atoms with Gasteiger partial charge in [-0.25, -0.2) is 14.6 Å². The number of benzene rings is 2. The lowest BCUT2D eigenvalue weighted by Gasteiger charge is -2.19. The van der Waals surface area contributed by atoms with E-state index in [-0.39, 0.29) is 36.9 Å². The molecule has 1 aliphatic heterocycles. The first-order chi connectivity index (χ1) is 16.9. The molecular formula is C25H23N3O6S. The number of aliphatic carboxylic acids is 1. The van der Waals surface area contributed by atoms with Gasteiger partial charge < -0.3 is 25.2 Å². The smallest absolute Gasteiger partial charge is 0.407 e. The molecule has 3 aromatic rings. The molecule has 3 N–H and O–H groups in total. The Morgan fingerprint density at radius 2 is 1.74 bits per heavy atom. The summed E-state index contributed by atoms with van der Waals surface area (Å²) in [7, 11) is 0. The summed E-state index contributed by atoms with van der Waals surface area (Å²) in [4.78, 5) is 42.0. The minimum Gasteiger partial charge on any atom is -0.480 e. The van der Waals surface area contributed by atoms with Crippen LogP contribution in [-0.2, 0) is 16.1 Å². The molecule has 180 valence electrons. The van der Waals surface area contributed by atoms with Crippen LogP contribution in [0.4, 0.5) is 4.79 Å². The Hall–Kier alpha value is -3.76. The fourth-order valence-electron chi connectivity index (χ4n) is 4.70. The van der Waals surface area contributed by atoms with Gasteiger partial charge in [-0.15, -0.1) is 11.3 Å². The maximum atomic E-state index is 12.7. The third kappa shape index (κ3) is 4.50. The molecule has 10 heteroatoms. The molecule has 2 aliphatic rings. The molecule has 2 heterocycles. The highest BCUT2D eigenvalue weighted by atomic mass is 32.1. The number of thiazole rings is 1. The van der Waals surface area contributed by atoms with Crippen LogP contribution in [0.25, 0.3) is 11.1 Å². The van der Waals surface area contributed by atoms with Gasteiger partial charge in [0.2, 0.25) is 0 Å². The zero-order valence-electron chi connectivity index (χ0n) is 18.6. The van der Waals surface area contributed by atoms with Crippen LogP contribution in [0.2, 0.25) is 0 Å². The van der Waals surface area contributed by atoms with Crippen molar-refractivity contribution in [2.24, 2.45) is 0 Å². The largest absolute Gasteiger partial charge is 0.480 e. The number of carbonyl (C=O) groups is 3. The van der Waals surface area contributed by atoms with Crippen molar-refractivity contribution in [1.82, 2.24) is 15.2 Å². The Morgan fingerprint density at radius 3 is 2.40 bits per heavy atom. The molecule has 2 amide bonds. The summed E-state index contributed by atoms with van der Waals surface area (Å²) in [6.07, 6.45) is -0.118. The van der Waals surface area contributed by atoms with Crippen molar-refractivity contribution in [3.63, 3.8) is 0 Å². The second-order valence-corrected chi connectivity index (χ2v) is 9.61. The van der Waals surface area contributed by atoms with Gasteiger partial charge in [0.1, 0.15) is 22.5 Å². The first-order valence-electron chi connectivity index (χ1n) is 11.2. The number of fused-ring (bicyclic) bond motifs is 3. The van der Waals surface area contributed by atoms with Crippen molar-refractivity contribution in [2.75, 3.05) is 13.2 Å². The minimum absolute atomic E-state index is 0.00389. The Bertz CT molecular complexity index is 1250. The SMILES string of the molecule is O=C(NCc1ncc(C(=O)N2C[C@H](O)C[C@H]2C(=O)O)s1)OCC1c2ccccc2-c2ccccc21. The Labute approximate surface area is 205 Å². The van der Waals surface area contributed by atoms with Crippen LogP contribution in [0.1, 0.15) is 38.1 Å². The first-order valence-corrected chi connectivity index (χ1v) is 12.0. The average molecular weight is 494 g/mol. The number of carbonyl (C=O) groups excluding carboxylic acids is 2. The Balaban J connectivity index is 1.17. The number of carboxylic acid groups (broad SMARTS) is 1. The van der Waals surface area contributed by atoms with Gasteiger partial charge >= 0.3 is 12.1 Å². The summed E-state index contributed by atoms with van der Waals surface area (Å²) in [6, 6.07) is 15.1. The number of hydrogen-bond acceptors (Lipinski definition) is 7. The Morgan fingerprint density at radius 1 is 1.09 bits per heavy atom. The predicted octanol–water partition coefficient (Wildman–Crippen LogP) is 2.84. The van der Waals surface area contributed by atoms with E-state index in [0.29, 0.717) is 5.01 Å². The quantitative estimate of drug-likeness (QED) is 0.482. The summed E-state index contributed by atoms with van der Waals surface area (Å²) >= 11 is 1.06. The van der Waals surface area contributed by atoms with Crippen molar-refractivity contribution in [3.8, 4) is 11.1 Å². The molecule has 1 aromatic heterocycles. The molecule has 35 heavy (non-hydrogen) atoms. The summed E-state index contributed by atoms with van der Waals surface area (Å²) < 4.78 is 5.51. The maximum absolute atomic E-state index is 12.7. The third-order valence-corrected chi connectivity index (χ3v) is 7.30. The summed E-state index contributed by atoms with van der Waals surface area (Å²) in [5.74, 6) is -1.70. The van der Waals surface area contributed by atoms with Crippen LogP contribution in [0.15, 0.2) is 54.7 Å². The number of ether oxygens (including phenoxy) is 1. The highest BCUT2D eigenvalue weighted by molar-refractivity contribution is 7.13. The van der Waals surface area contributed by atoms with Gasteiger partial charge in [-0.1, -0.05) is 48.5 Å². The summed E-state index contributed by atoms with van der Waals surface area (Å²) in [5.41, 5.74) is 4.54. The maximum Gasteiger partial charge on any atom is 0.407 e. The third-order valence-electron chi connectivity index (χ3n) is 6.32. The van der Waals surface area contributed by atoms with Crippen molar-refractivity contribution in [3.05, 3.63) is 75.7 Å². The molecule has 5 rings (SSSR count). The molecule has 0 radical (unpaired) electrons. The molecule has 2 aromatic carbocycles. The van der Waals surface area contributed by atoms with Crippen LogP contribution in [0, 0.1) is 0 Å². The van der Waals surface area contributed by atoms with Gasteiger partial charge in [-0.05, 0) is 22.3 Å². The van der Waals surface area contributed by atoms with Gasteiger partial charge in [0.05, 0.1) is 18.8 Å². The topological polar surface area (TPSA) is 129 Å². The Kier molecular flexibility index (Phi) is 6.23. The lowest BCUT2D eigenvalue weighted by Crippen LogP contribution is -2.40. The summed E-state index contributed by atoms with van der Waals surface area (Å²) in [6.45, 7) is 0.218. The fourth-order valence-corrected chi connectivity index (χ4v) is 5.52. The molecule has 0 spiro atoms. The molecular weight excluding hydrogens is 470 g/mol. The molecule has 0 saturated carbocycles. The lowest BCUT2D eigenvalue weighted by atomic mass is 9.98. The highest BCUT2D eigenvalue weighted by Crippen LogP contribution is 2.44. The van der Waals surface area contributed by atoms with E-state index in [2.05, 4.69) is 22.4 Å².